The third-order valence-electron chi connectivity index (χ3n) is 9.79. The van der Waals surface area contributed by atoms with E-state index < -0.39 is 35.5 Å². The minimum atomic E-state index is -4.77. The predicted molar refractivity (Wildman–Crippen MR) is 172 cm³/mol. The fourth-order valence-electron chi connectivity index (χ4n) is 7.05. The highest BCUT2D eigenvalue weighted by molar-refractivity contribution is 6.33. The number of piperidine rings is 1. The molecule has 3 fully saturated rings. The maximum Gasteiger partial charge on any atom is 0.418 e. The fraction of sp³-hybridized carbons (Fsp3) is 0.545. The fourth-order valence-corrected chi connectivity index (χ4v) is 7.30. The minimum Gasteiger partial charge on any atom is -0.436 e. The molecule has 2 aromatic carbocycles. The number of nitrogens with two attached hydrogens (primary N) is 1. The number of alkyl halides is 3. The number of carbonyl (C=O) groups excluding carboxylic acids is 3. The first kappa shape index (κ1) is 34.1. The number of carbonyl (C=O) groups is 3. The molecular formula is C33H40ClF3N6O5. The van der Waals surface area contributed by atoms with E-state index in [1.807, 2.05) is 24.3 Å². The van der Waals surface area contributed by atoms with E-state index in [0.29, 0.717) is 64.8 Å². The van der Waals surface area contributed by atoms with E-state index in [9.17, 15) is 27.6 Å². The first-order chi connectivity index (χ1) is 23.0. The lowest BCUT2D eigenvalue weighted by Crippen LogP contribution is -2.56. The van der Waals surface area contributed by atoms with Crippen LogP contribution in [-0.4, -0.2) is 108 Å². The molecule has 3 N–H and O–H groups in total. The summed E-state index contributed by atoms with van der Waals surface area (Å²) in [6.07, 6.45) is -4.36. The summed E-state index contributed by atoms with van der Waals surface area (Å²) in [6.45, 7) is 4.47. The standard InChI is InChI=1S/C33H40ClF3N6O5/c34-26-18-21(17-25(29(26)38)33(35,36)37)19-28(30(44)41-13-11-40(12-14-41)23-7-15-47-16-8-23)48-32(46)42-9-5-24(6-10-42)43-20-22-3-1-2-4-27(22)39-31(43)45/h1-4,17-18,23-24,28H,5-16,19-20,38H2,(H,39,45)/t28-/m1/s1. The molecule has 4 aliphatic rings. The number of amides is 4. The van der Waals surface area contributed by atoms with Gasteiger partial charge < -0.3 is 35.2 Å². The van der Waals surface area contributed by atoms with Gasteiger partial charge in [0, 0.05) is 83.2 Å². The molecule has 0 bridgehead atoms. The third-order valence-corrected chi connectivity index (χ3v) is 10.1. The molecule has 0 aliphatic carbocycles. The second-order valence-corrected chi connectivity index (χ2v) is 13.2. The number of fused-ring (bicyclic) bond motifs is 1. The maximum atomic E-state index is 13.9. The van der Waals surface area contributed by atoms with Crippen molar-refractivity contribution in [1.29, 1.82) is 0 Å². The first-order valence-electron chi connectivity index (χ1n) is 16.3. The number of piperazine rings is 1. The zero-order valence-electron chi connectivity index (χ0n) is 26.5. The van der Waals surface area contributed by atoms with Crippen LogP contribution in [0.2, 0.25) is 5.02 Å². The van der Waals surface area contributed by atoms with E-state index in [1.165, 1.54) is 11.0 Å². The van der Waals surface area contributed by atoms with Gasteiger partial charge in [-0.1, -0.05) is 29.8 Å². The van der Waals surface area contributed by atoms with Crippen LogP contribution in [0.4, 0.5) is 34.1 Å². The van der Waals surface area contributed by atoms with Crippen LogP contribution in [-0.2, 0) is 33.4 Å². The Morgan fingerprint density at radius 2 is 1.67 bits per heavy atom. The summed E-state index contributed by atoms with van der Waals surface area (Å²) in [5.41, 5.74) is 5.78. The quantitative estimate of drug-likeness (QED) is 0.417. The van der Waals surface area contributed by atoms with Crippen LogP contribution in [0.5, 0.6) is 0 Å². The Kier molecular flexibility index (Phi) is 10.2. The Bertz CT molecular complexity index is 1510. The van der Waals surface area contributed by atoms with Crippen LogP contribution in [0.15, 0.2) is 36.4 Å². The number of hydrogen-bond acceptors (Lipinski definition) is 7. The monoisotopic (exact) mass is 692 g/mol. The van der Waals surface area contributed by atoms with Gasteiger partial charge in [-0.2, -0.15) is 13.2 Å². The molecule has 0 saturated carbocycles. The zero-order valence-corrected chi connectivity index (χ0v) is 27.3. The molecule has 260 valence electrons. The molecule has 4 heterocycles. The average Bonchev–Trinajstić information content (AvgIpc) is 3.09. The van der Waals surface area contributed by atoms with Crippen molar-refractivity contribution < 1.29 is 37.0 Å². The summed E-state index contributed by atoms with van der Waals surface area (Å²) >= 11 is 6.09. The summed E-state index contributed by atoms with van der Waals surface area (Å²) in [6, 6.07) is 9.79. The van der Waals surface area contributed by atoms with Gasteiger partial charge >= 0.3 is 18.3 Å². The van der Waals surface area contributed by atoms with E-state index >= 15 is 0 Å². The SMILES string of the molecule is Nc1c(Cl)cc(C[C@@H](OC(=O)N2CCC(N3Cc4ccccc4NC3=O)CC2)C(=O)N2CCN(C3CCOCC3)CC2)cc1C(F)(F)F. The van der Waals surface area contributed by atoms with Gasteiger partial charge in [-0.25, -0.2) is 9.59 Å². The largest absolute Gasteiger partial charge is 0.436 e. The van der Waals surface area contributed by atoms with Gasteiger partial charge in [0.05, 0.1) is 16.3 Å². The molecule has 0 unspecified atom stereocenters. The number of rotatable bonds is 6. The smallest absolute Gasteiger partial charge is 0.418 e. The van der Waals surface area contributed by atoms with Crippen LogP contribution in [0.25, 0.3) is 0 Å². The number of nitrogens with zero attached hydrogens (tertiary/aromatic N) is 4. The summed E-state index contributed by atoms with van der Waals surface area (Å²) in [7, 11) is 0. The van der Waals surface area contributed by atoms with Crippen LogP contribution in [0.1, 0.15) is 42.4 Å². The Labute approximate surface area is 282 Å². The van der Waals surface area contributed by atoms with Crippen LogP contribution < -0.4 is 11.1 Å². The van der Waals surface area contributed by atoms with Gasteiger partial charge in [0.25, 0.3) is 5.91 Å². The number of nitrogens with one attached hydrogen (secondary N) is 1. The number of benzene rings is 2. The van der Waals surface area contributed by atoms with Gasteiger partial charge in [0.1, 0.15) is 0 Å². The number of para-hydroxylation sites is 1. The number of halogens is 4. The molecule has 0 aromatic heterocycles. The molecule has 1 atom stereocenters. The summed E-state index contributed by atoms with van der Waals surface area (Å²) in [4.78, 5) is 47.4. The van der Waals surface area contributed by atoms with Gasteiger partial charge in [0.15, 0.2) is 6.10 Å². The molecule has 6 rings (SSSR count). The van der Waals surface area contributed by atoms with Crippen LogP contribution >= 0.6 is 11.6 Å². The predicted octanol–water partition coefficient (Wildman–Crippen LogP) is 4.82. The lowest BCUT2D eigenvalue weighted by molar-refractivity contribution is -0.143. The zero-order chi connectivity index (χ0) is 34.0. The van der Waals surface area contributed by atoms with Crippen molar-refractivity contribution in [3.8, 4) is 0 Å². The normalized spacial score (nSPS) is 20.7. The number of ether oxygens (including phenoxy) is 2. The molecule has 3 saturated heterocycles. The van der Waals surface area contributed by atoms with Gasteiger partial charge in [-0.05, 0) is 55.0 Å². The highest BCUT2D eigenvalue weighted by atomic mass is 35.5. The molecule has 0 radical (unpaired) electrons. The second kappa shape index (κ2) is 14.4. The number of nitrogen functional groups attached to an aromatic ring is 1. The highest BCUT2D eigenvalue weighted by Gasteiger charge is 2.38. The molecule has 4 aliphatic heterocycles. The van der Waals surface area contributed by atoms with E-state index in [-0.39, 0.29) is 42.2 Å². The minimum absolute atomic E-state index is 0.0728. The first-order valence-corrected chi connectivity index (χ1v) is 16.7. The average molecular weight is 693 g/mol. The van der Waals surface area contributed by atoms with E-state index in [4.69, 9.17) is 26.8 Å². The lowest BCUT2D eigenvalue weighted by atomic mass is 10.0. The van der Waals surface area contributed by atoms with Crippen molar-refractivity contribution >= 4 is 41.0 Å². The molecule has 4 amide bonds. The Morgan fingerprint density at radius 3 is 2.35 bits per heavy atom. The van der Waals surface area contributed by atoms with Crippen LogP contribution in [0, 0.1) is 0 Å². The summed E-state index contributed by atoms with van der Waals surface area (Å²) in [5.74, 6) is -0.477. The van der Waals surface area contributed by atoms with E-state index in [1.54, 1.807) is 9.80 Å². The van der Waals surface area contributed by atoms with Crippen molar-refractivity contribution in [2.75, 3.05) is 63.5 Å². The van der Waals surface area contributed by atoms with Crippen molar-refractivity contribution in [3.63, 3.8) is 0 Å². The topological polar surface area (TPSA) is 121 Å². The lowest BCUT2D eigenvalue weighted by Gasteiger charge is -2.42. The Balaban J connectivity index is 1.13. The summed E-state index contributed by atoms with van der Waals surface area (Å²) in [5, 5.41) is 2.62. The Morgan fingerprint density at radius 1 is 0.979 bits per heavy atom. The van der Waals surface area contributed by atoms with E-state index in [2.05, 4.69) is 10.2 Å². The molecule has 2 aromatic rings. The van der Waals surface area contributed by atoms with Gasteiger partial charge in [-0.15, -0.1) is 0 Å². The Hall–Kier alpha value is -3.75. The number of likely N-dealkylation sites (tertiary alicyclic amines) is 1. The molecule has 0 spiro atoms. The maximum absolute atomic E-state index is 13.9. The summed E-state index contributed by atoms with van der Waals surface area (Å²) < 4.78 is 52.6. The molecule has 11 nitrogen and oxygen atoms in total. The third kappa shape index (κ3) is 7.60. The van der Waals surface area contributed by atoms with Crippen molar-refractivity contribution in [1.82, 2.24) is 19.6 Å². The van der Waals surface area contributed by atoms with Crippen molar-refractivity contribution in [2.45, 2.75) is 63.0 Å². The van der Waals surface area contributed by atoms with Gasteiger partial charge in [-0.3, -0.25) is 9.69 Å². The number of anilines is 2. The molecule has 48 heavy (non-hydrogen) atoms. The van der Waals surface area contributed by atoms with Crippen LogP contribution in [0.3, 0.4) is 0 Å². The number of urea groups is 1. The van der Waals surface area contributed by atoms with E-state index in [0.717, 1.165) is 30.2 Å². The molecular weight excluding hydrogens is 653 g/mol. The highest BCUT2D eigenvalue weighted by Crippen LogP contribution is 2.38. The van der Waals surface area contributed by atoms with Gasteiger partial charge in [0.2, 0.25) is 0 Å². The number of hydrogen-bond donors (Lipinski definition) is 2. The van der Waals surface area contributed by atoms with Crippen molar-refractivity contribution in [3.05, 3.63) is 58.1 Å². The van der Waals surface area contributed by atoms with Crippen molar-refractivity contribution in [2.24, 2.45) is 0 Å². The second-order valence-electron chi connectivity index (χ2n) is 12.8. The molecule has 15 heteroatoms.